The van der Waals surface area contributed by atoms with E-state index in [0.717, 1.165) is 16.3 Å². The summed E-state index contributed by atoms with van der Waals surface area (Å²) >= 11 is 0. The van der Waals surface area contributed by atoms with Crippen molar-refractivity contribution >= 4 is 16.7 Å². The maximum atomic E-state index is 11.9. The fraction of sp³-hybridized carbons (Fsp3) is 0.211. The van der Waals surface area contributed by atoms with Gasteiger partial charge in [-0.3, -0.25) is 9.78 Å². The van der Waals surface area contributed by atoms with Crippen LogP contribution in [-0.2, 0) is 12.8 Å². The molecule has 3 rings (SSSR count). The minimum atomic E-state index is -1.32. The highest BCUT2D eigenvalue weighted by Crippen LogP contribution is 2.17. The van der Waals surface area contributed by atoms with Crippen LogP contribution in [0.2, 0.25) is 0 Å². The number of aliphatic hydroxyl groups excluding tert-OH is 1. The van der Waals surface area contributed by atoms with Crippen molar-refractivity contribution in [1.29, 1.82) is 0 Å². The second-order valence-corrected chi connectivity index (χ2v) is 5.76. The molecule has 0 radical (unpaired) electrons. The quantitative estimate of drug-likeness (QED) is 0.444. The van der Waals surface area contributed by atoms with Crippen molar-refractivity contribution in [2.24, 2.45) is 5.73 Å². The average molecular weight is 371 g/mol. The predicted octanol–water partition coefficient (Wildman–Crippen LogP) is 0.637. The van der Waals surface area contributed by atoms with E-state index in [0.29, 0.717) is 13.0 Å². The molecule has 142 valence electrons. The summed E-state index contributed by atoms with van der Waals surface area (Å²) in [5, 5.41) is 19.1. The van der Waals surface area contributed by atoms with Crippen LogP contribution in [0.25, 0.3) is 10.8 Å². The Morgan fingerprint density at radius 3 is 2.30 bits per heavy atom. The van der Waals surface area contributed by atoms with Gasteiger partial charge in [-0.2, -0.15) is 0 Å². The number of carbonyl (C=O) groups is 1. The number of rotatable bonds is 5. The van der Waals surface area contributed by atoms with Gasteiger partial charge in [-0.05, 0) is 29.2 Å². The lowest BCUT2D eigenvalue weighted by molar-refractivity contribution is 0.0688. The maximum absolute atomic E-state index is 11.9. The number of carboxylic acids is 1. The van der Waals surface area contributed by atoms with Gasteiger partial charge in [-0.1, -0.05) is 42.5 Å². The third kappa shape index (κ3) is 5.37. The molecule has 0 aliphatic carbocycles. The lowest BCUT2D eigenvalue weighted by Crippen LogP contribution is -2.30. The number of nitrogens with two attached hydrogens (primary N) is 1. The van der Waals surface area contributed by atoms with E-state index in [1.54, 1.807) is 0 Å². The van der Waals surface area contributed by atoms with Crippen LogP contribution in [0, 0.1) is 0 Å². The zero-order valence-electron chi connectivity index (χ0n) is 14.6. The molecule has 0 amide bonds. The zero-order valence-corrected chi connectivity index (χ0v) is 14.6. The Labute approximate surface area is 154 Å². The molecule has 8 heteroatoms. The summed E-state index contributed by atoms with van der Waals surface area (Å²) in [5.41, 5.74) is 4.02. The van der Waals surface area contributed by atoms with E-state index in [9.17, 15) is 14.4 Å². The van der Waals surface area contributed by atoms with Crippen molar-refractivity contribution < 1.29 is 15.0 Å². The van der Waals surface area contributed by atoms with Crippen LogP contribution < -0.4 is 17.0 Å². The van der Waals surface area contributed by atoms with E-state index in [1.165, 1.54) is 0 Å². The Hall–Kier alpha value is -3.23. The molecular formula is C19H21N3O5. The molecule has 1 aromatic heterocycles. The second kappa shape index (κ2) is 9.46. The van der Waals surface area contributed by atoms with Gasteiger partial charge in [-0.25, -0.2) is 9.59 Å². The fourth-order valence-electron chi connectivity index (χ4n) is 2.60. The summed E-state index contributed by atoms with van der Waals surface area (Å²) < 4.78 is 0. The zero-order chi connectivity index (χ0) is 19.8. The van der Waals surface area contributed by atoms with Gasteiger partial charge in [0.15, 0.2) is 0 Å². The number of benzene rings is 2. The first-order valence-corrected chi connectivity index (χ1v) is 8.33. The first-order valence-electron chi connectivity index (χ1n) is 8.33. The van der Waals surface area contributed by atoms with Crippen LogP contribution in [0.3, 0.4) is 0 Å². The summed E-state index contributed by atoms with van der Waals surface area (Å²) in [4.78, 5) is 38.5. The predicted molar refractivity (Wildman–Crippen MR) is 102 cm³/mol. The number of hydrogen-bond acceptors (Lipinski definition) is 5. The molecule has 2 aromatic carbocycles. The van der Waals surface area contributed by atoms with Gasteiger partial charge in [0.05, 0.1) is 6.61 Å². The van der Waals surface area contributed by atoms with E-state index in [1.807, 2.05) is 42.5 Å². The van der Waals surface area contributed by atoms with Gasteiger partial charge in [-0.15, -0.1) is 0 Å². The molecule has 0 spiro atoms. The molecule has 0 bridgehead atoms. The molecule has 0 atom stereocenters. The molecule has 6 N–H and O–H groups in total. The third-order valence-electron chi connectivity index (χ3n) is 3.86. The topological polar surface area (TPSA) is 149 Å². The Morgan fingerprint density at radius 2 is 1.67 bits per heavy atom. The summed E-state index contributed by atoms with van der Waals surface area (Å²) in [5.74, 6) is -1.32. The molecule has 0 aliphatic rings. The lowest BCUT2D eigenvalue weighted by atomic mass is 10.0. The van der Waals surface area contributed by atoms with Gasteiger partial charge < -0.3 is 20.9 Å². The van der Waals surface area contributed by atoms with E-state index < -0.39 is 17.2 Å². The number of hydrogen-bond donors (Lipinski definition) is 5. The summed E-state index contributed by atoms with van der Waals surface area (Å²) in [7, 11) is 0. The summed E-state index contributed by atoms with van der Waals surface area (Å²) in [6.45, 7) is 0.472. The molecule has 0 saturated heterocycles. The fourth-order valence-corrected chi connectivity index (χ4v) is 2.60. The minimum Gasteiger partial charge on any atom is -0.477 e. The van der Waals surface area contributed by atoms with Crippen LogP contribution in [0.4, 0.5) is 0 Å². The van der Waals surface area contributed by atoms with Crippen LogP contribution >= 0.6 is 0 Å². The number of carboxylic acid groups (broad SMARTS) is 1. The van der Waals surface area contributed by atoms with Gasteiger partial charge in [0.1, 0.15) is 5.69 Å². The number of aliphatic hydroxyl groups is 1. The molecule has 0 fully saturated rings. The first-order chi connectivity index (χ1) is 13.0. The van der Waals surface area contributed by atoms with E-state index in [2.05, 4.69) is 9.97 Å². The van der Waals surface area contributed by atoms with Crippen molar-refractivity contribution in [2.45, 2.75) is 12.8 Å². The van der Waals surface area contributed by atoms with Crippen molar-refractivity contribution in [1.82, 2.24) is 9.97 Å². The molecule has 8 nitrogen and oxygen atoms in total. The molecule has 0 saturated carbocycles. The monoisotopic (exact) mass is 371 g/mol. The Kier molecular flexibility index (Phi) is 7.04. The van der Waals surface area contributed by atoms with Crippen molar-refractivity contribution in [3.63, 3.8) is 0 Å². The van der Waals surface area contributed by atoms with Crippen LogP contribution in [-0.4, -0.2) is 39.3 Å². The smallest absolute Gasteiger partial charge is 0.352 e. The van der Waals surface area contributed by atoms with E-state index in [-0.39, 0.29) is 24.3 Å². The van der Waals surface area contributed by atoms with Crippen molar-refractivity contribution in [3.05, 3.63) is 80.1 Å². The van der Waals surface area contributed by atoms with Crippen molar-refractivity contribution in [3.8, 4) is 0 Å². The maximum Gasteiger partial charge on any atom is 0.352 e. The number of aromatic amines is 2. The Balaban J connectivity index is 0.000000596. The number of nitrogens with one attached hydrogen (secondary N) is 2. The Bertz CT molecular complexity index is 1040. The van der Waals surface area contributed by atoms with E-state index in [4.69, 9.17) is 15.9 Å². The van der Waals surface area contributed by atoms with Crippen molar-refractivity contribution in [2.75, 3.05) is 13.2 Å². The number of aromatic nitrogens is 2. The van der Waals surface area contributed by atoms with Crippen LogP contribution in [0.5, 0.6) is 0 Å². The van der Waals surface area contributed by atoms with Gasteiger partial charge in [0.25, 0.3) is 5.56 Å². The van der Waals surface area contributed by atoms with Crippen LogP contribution in [0.1, 0.15) is 21.6 Å². The number of aromatic carboxylic acids is 1. The molecule has 3 aromatic rings. The third-order valence-corrected chi connectivity index (χ3v) is 3.86. The molecule has 0 unspecified atom stereocenters. The van der Waals surface area contributed by atoms with Gasteiger partial charge in [0, 0.05) is 12.1 Å². The van der Waals surface area contributed by atoms with Gasteiger partial charge >= 0.3 is 11.7 Å². The normalized spacial score (nSPS) is 10.3. The number of fused-ring (bicyclic) bond motifs is 1. The molecule has 1 heterocycles. The highest BCUT2D eigenvalue weighted by atomic mass is 16.4. The highest BCUT2D eigenvalue weighted by Gasteiger charge is 2.15. The van der Waals surface area contributed by atoms with Gasteiger partial charge in [0.2, 0.25) is 0 Å². The second-order valence-electron chi connectivity index (χ2n) is 5.76. The Morgan fingerprint density at radius 1 is 1.00 bits per heavy atom. The largest absolute Gasteiger partial charge is 0.477 e. The average Bonchev–Trinajstić information content (AvgIpc) is 2.66. The van der Waals surface area contributed by atoms with Crippen LogP contribution in [0.15, 0.2) is 52.1 Å². The molecule has 0 aliphatic heterocycles. The first kappa shape index (κ1) is 20.1. The molecule has 27 heavy (non-hydrogen) atoms. The number of H-pyrrole nitrogens is 2. The summed E-state index contributed by atoms with van der Waals surface area (Å²) in [6.07, 6.45) is 0.728. The SMILES string of the molecule is NCCO.O=C(O)c1[nH]c(=O)[nH]c(=O)c1CCc1ccc2ccccc2c1. The minimum absolute atomic E-state index is 0.0743. The van der Waals surface area contributed by atoms with E-state index >= 15 is 0 Å². The number of aryl methyl sites for hydroxylation is 1. The standard InChI is InChI=1S/C17H14N2O4.C2H7NO/c20-15-13(14(16(21)22)18-17(23)19-15)8-6-10-5-7-11-3-1-2-4-12(11)9-10;3-1-2-4/h1-5,7,9H,6,8H2,(H,21,22)(H2,18,19,20,23);4H,1-3H2. The lowest BCUT2D eigenvalue weighted by Gasteiger charge is -2.06. The molecular weight excluding hydrogens is 350 g/mol. The summed E-state index contributed by atoms with van der Waals surface area (Å²) in [6, 6.07) is 13.9. The highest BCUT2D eigenvalue weighted by molar-refractivity contribution is 5.87.